The summed E-state index contributed by atoms with van der Waals surface area (Å²) in [5.74, 6) is -2.73. The van der Waals surface area contributed by atoms with E-state index < -0.39 is 23.2 Å². The molecule has 0 spiro atoms. The predicted molar refractivity (Wildman–Crippen MR) is 65.2 cm³/mol. The zero-order chi connectivity index (χ0) is 14.0. The van der Waals surface area contributed by atoms with E-state index in [2.05, 4.69) is 0 Å². The molecule has 0 aromatic heterocycles. The fraction of sp³-hybridized carbons (Fsp3) is 0.0714. The fourth-order valence-corrected chi connectivity index (χ4v) is 1.77. The molecule has 0 aliphatic carbocycles. The average Bonchev–Trinajstić information content (AvgIpc) is 2.31. The van der Waals surface area contributed by atoms with Gasteiger partial charge in [-0.15, -0.1) is 0 Å². The Hall–Kier alpha value is -2.30. The Morgan fingerprint density at radius 2 is 1.68 bits per heavy atom. The first-order valence-electron chi connectivity index (χ1n) is 5.49. The van der Waals surface area contributed by atoms with Gasteiger partial charge < -0.3 is 5.73 Å². The van der Waals surface area contributed by atoms with Gasteiger partial charge in [0.2, 0.25) is 0 Å². The van der Waals surface area contributed by atoms with Gasteiger partial charge in [0.15, 0.2) is 5.78 Å². The maximum Gasteiger partial charge on any atom is 0.169 e. The largest absolute Gasteiger partial charge is 0.396 e. The van der Waals surface area contributed by atoms with Crippen molar-refractivity contribution in [1.29, 1.82) is 0 Å². The van der Waals surface area contributed by atoms with E-state index in [1.165, 1.54) is 12.1 Å². The quantitative estimate of drug-likeness (QED) is 0.684. The molecule has 2 nitrogen and oxygen atoms in total. The van der Waals surface area contributed by atoms with Crippen LogP contribution in [0.5, 0.6) is 0 Å². The lowest BCUT2D eigenvalue weighted by atomic mass is 10.0. The van der Waals surface area contributed by atoms with Crippen molar-refractivity contribution in [2.24, 2.45) is 0 Å². The van der Waals surface area contributed by atoms with E-state index in [9.17, 15) is 18.0 Å². The van der Waals surface area contributed by atoms with Gasteiger partial charge in [0.05, 0.1) is 5.69 Å². The molecule has 0 atom stereocenters. The first-order valence-corrected chi connectivity index (χ1v) is 5.49. The molecular formula is C14H10F3NO. The van der Waals surface area contributed by atoms with Crippen molar-refractivity contribution in [3.8, 4) is 0 Å². The second-order valence-electron chi connectivity index (χ2n) is 4.08. The Balaban J connectivity index is 2.28. The van der Waals surface area contributed by atoms with E-state index in [-0.39, 0.29) is 23.2 Å². The lowest BCUT2D eigenvalue weighted by molar-refractivity contribution is 0.0993. The number of ketones is 1. The summed E-state index contributed by atoms with van der Waals surface area (Å²) in [4.78, 5) is 11.9. The number of Topliss-reactive ketones (excluding diaryl/α,β-unsaturated/α-hetero) is 1. The number of halogens is 3. The molecule has 2 N–H and O–H groups in total. The van der Waals surface area contributed by atoms with E-state index in [4.69, 9.17) is 5.73 Å². The molecule has 0 aliphatic rings. The zero-order valence-electron chi connectivity index (χ0n) is 9.79. The second kappa shape index (κ2) is 5.14. The number of hydrogen-bond acceptors (Lipinski definition) is 2. The molecular weight excluding hydrogens is 255 g/mol. The fourth-order valence-electron chi connectivity index (χ4n) is 1.77. The number of nitrogens with two attached hydrogens (primary N) is 1. The molecule has 5 heteroatoms. The number of benzene rings is 2. The van der Waals surface area contributed by atoms with Crippen molar-refractivity contribution in [1.82, 2.24) is 0 Å². The van der Waals surface area contributed by atoms with Gasteiger partial charge in [-0.3, -0.25) is 4.79 Å². The summed E-state index contributed by atoms with van der Waals surface area (Å²) in [6, 6.07) is 6.67. The molecule has 2 rings (SSSR count). The summed E-state index contributed by atoms with van der Waals surface area (Å²) in [6.45, 7) is 0. The van der Waals surface area contributed by atoms with Crippen molar-refractivity contribution in [2.45, 2.75) is 6.42 Å². The molecule has 0 aliphatic heterocycles. The minimum Gasteiger partial charge on any atom is -0.396 e. The summed E-state index contributed by atoms with van der Waals surface area (Å²) in [6.07, 6.45) is -0.248. The second-order valence-corrected chi connectivity index (χ2v) is 4.08. The lowest BCUT2D eigenvalue weighted by Gasteiger charge is -2.06. The molecule has 2 aromatic carbocycles. The zero-order valence-corrected chi connectivity index (χ0v) is 9.79. The van der Waals surface area contributed by atoms with Crippen LogP contribution in [0.4, 0.5) is 18.9 Å². The molecule has 0 fully saturated rings. The van der Waals surface area contributed by atoms with Crippen LogP contribution in [-0.4, -0.2) is 5.78 Å². The van der Waals surface area contributed by atoms with Gasteiger partial charge in [-0.05, 0) is 29.8 Å². The number of para-hydroxylation sites is 1. The monoisotopic (exact) mass is 265 g/mol. The Morgan fingerprint density at radius 3 is 2.32 bits per heavy atom. The third-order valence-electron chi connectivity index (χ3n) is 2.64. The van der Waals surface area contributed by atoms with Gasteiger partial charge in [-0.1, -0.05) is 6.07 Å². The van der Waals surface area contributed by atoms with Crippen LogP contribution < -0.4 is 5.73 Å². The van der Waals surface area contributed by atoms with Crippen LogP contribution in [0.25, 0.3) is 0 Å². The van der Waals surface area contributed by atoms with Crippen molar-refractivity contribution in [3.63, 3.8) is 0 Å². The molecule has 0 saturated carbocycles. The van der Waals surface area contributed by atoms with E-state index in [1.54, 1.807) is 0 Å². The number of anilines is 1. The molecule has 98 valence electrons. The molecule has 0 heterocycles. The van der Waals surface area contributed by atoms with Gasteiger partial charge in [0.25, 0.3) is 0 Å². The average molecular weight is 265 g/mol. The predicted octanol–water partition coefficient (Wildman–Crippen LogP) is 3.11. The van der Waals surface area contributed by atoms with Crippen molar-refractivity contribution in [2.75, 3.05) is 5.73 Å². The van der Waals surface area contributed by atoms with Crippen LogP contribution in [0.2, 0.25) is 0 Å². The van der Waals surface area contributed by atoms with E-state index in [1.807, 2.05) is 0 Å². The minimum absolute atomic E-state index is 0.00432. The SMILES string of the molecule is Nc1c(F)cccc1C(=O)Cc1cc(F)cc(F)c1. The summed E-state index contributed by atoms with van der Waals surface area (Å²) >= 11 is 0. The third kappa shape index (κ3) is 2.93. The highest BCUT2D eigenvalue weighted by atomic mass is 19.1. The normalized spacial score (nSPS) is 10.5. The summed E-state index contributed by atoms with van der Waals surface area (Å²) in [5, 5.41) is 0. The van der Waals surface area contributed by atoms with Crippen LogP contribution in [-0.2, 0) is 6.42 Å². The highest BCUT2D eigenvalue weighted by Crippen LogP contribution is 2.18. The standard InChI is InChI=1S/C14H10F3NO/c15-9-4-8(5-10(16)7-9)6-13(19)11-2-1-3-12(17)14(11)18/h1-5,7H,6,18H2. The molecule has 0 saturated heterocycles. The van der Waals surface area contributed by atoms with Crippen LogP contribution in [0.1, 0.15) is 15.9 Å². The van der Waals surface area contributed by atoms with Gasteiger partial charge in [-0.2, -0.15) is 0 Å². The number of carbonyl (C=O) groups is 1. The maximum atomic E-state index is 13.2. The number of rotatable bonds is 3. The van der Waals surface area contributed by atoms with Crippen LogP contribution in [0.15, 0.2) is 36.4 Å². The highest BCUT2D eigenvalue weighted by Gasteiger charge is 2.14. The minimum atomic E-state index is -0.769. The Labute approximate surface area is 107 Å². The first kappa shape index (κ1) is 13.1. The summed E-state index contributed by atoms with van der Waals surface area (Å²) < 4.78 is 39.2. The number of carbonyl (C=O) groups excluding carboxylic acids is 1. The lowest BCUT2D eigenvalue weighted by Crippen LogP contribution is -2.08. The molecule has 0 unspecified atom stereocenters. The van der Waals surface area contributed by atoms with Crippen LogP contribution >= 0.6 is 0 Å². The summed E-state index contributed by atoms with van der Waals surface area (Å²) in [5.41, 5.74) is 5.37. The molecule has 0 bridgehead atoms. The Kier molecular flexibility index (Phi) is 3.55. The van der Waals surface area contributed by atoms with Gasteiger partial charge >= 0.3 is 0 Å². The third-order valence-corrected chi connectivity index (χ3v) is 2.64. The maximum absolute atomic E-state index is 13.2. The molecule has 0 radical (unpaired) electrons. The smallest absolute Gasteiger partial charge is 0.169 e. The summed E-state index contributed by atoms with van der Waals surface area (Å²) in [7, 11) is 0. The van der Waals surface area contributed by atoms with Crippen LogP contribution in [0, 0.1) is 17.5 Å². The first-order chi connectivity index (χ1) is 8.97. The van der Waals surface area contributed by atoms with Crippen molar-refractivity contribution >= 4 is 11.5 Å². The van der Waals surface area contributed by atoms with Crippen LogP contribution in [0.3, 0.4) is 0 Å². The van der Waals surface area contributed by atoms with E-state index in [0.717, 1.165) is 18.2 Å². The molecule has 19 heavy (non-hydrogen) atoms. The Morgan fingerprint density at radius 1 is 1.05 bits per heavy atom. The van der Waals surface area contributed by atoms with Crippen molar-refractivity contribution < 1.29 is 18.0 Å². The van der Waals surface area contributed by atoms with E-state index in [0.29, 0.717) is 6.07 Å². The van der Waals surface area contributed by atoms with Gasteiger partial charge in [0, 0.05) is 18.1 Å². The van der Waals surface area contributed by atoms with E-state index >= 15 is 0 Å². The number of hydrogen-bond donors (Lipinski definition) is 1. The molecule has 0 amide bonds. The molecule has 2 aromatic rings. The van der Waals surface area contributed by atoms with Gasteiger partial charge in [0.1, 0.15) is 17.5 Å². The topological polar surface area (TPSA) is 43.1 Å². The highest BCUT2D eigenvalue weighted by molar-refractivity contribution is 6.01. The van der Waals surface area contributed by atoms with Gasteiger partial charge in [-0.25, -0.2) is 13.2 Å². The van der Waals surface area contributed by atoms with Crippen molar-refractivity contribution in [3.05, 3.63) is 65.0 Å². The Bertz CT molecular complexity index is 620. The number of nitrogen functional groups attached to an aromatic ring is 1.